The molecule has 11 heteroatoms. The Balaban J connectivity index is 1.78. The van der Waals surface area contributed by atoms with Crippen molar-refractivity contribution in [3.05, 3.63) is 79.0 Å². The van der Waals surface area contributed by atoms with Crippen LogP contribution in [-0.2, 0) is 6.54 Å². The molecule has 0 fully saturated rings. The molecule has 142 valence electrons. The predicted molar refractivity (Wildman–Crippen MR) is 101 cm³/mol. The summed E-state index contributed by atoms with van der Waals surface area (Å²) >= 11 is 1.36. The molecule has 0 spiro atoms. The van der Waals surface area contributed by atoms with Gasteiger partial charge in [0.2, 0.25) is 0 Å². The molecular weight excluding hydrogens is 386 g/mol. The van der Waals surface area contributed by atoms with Crippen LogP contribution in [0.5, 0.6) is 0 Å². The summed E-state index contributed by atoms with van der Waals surface area (Å²) in [4.78, 5) is 41.7. The Labute approximate surface area is 162 Å². The molecule has 1 amide bonds. The zero-order valence-electron chi connectivity index (χ0n) is 14.5. The van der Waals surface area contributed by atoms with E-state index in [1.807, 2.05) is 12.1 Å². The van der Waals surface area contributed by atoms with E-state index in [4.69, 9.17) is 0 Å². The van der Waals surface area contributed by atoms with E-state index in [1.165, 1.54) is 18.3 Å². The van der Waals surface area contributed by atoms with Gasteiger partial charge in [0.1, 0.15) is 10.6 Å². The highest BCUT2D eigenvalue weighted by molar-refractivity contribution is 7.13. The Kier molecular flexibility index (Phi) is 5.36. The van der Waals surface area contributed by atoms with Crippen molar-refractivity contribution >= 4 is 28.6 Å². The van der Waals surface area contributed by atoms with Gasteiger partial charge < -0.3 is 5.32 Å². The number of pyridine rings is 1. The van der Waals surface area contributed by atoms with Crippen molar-refractivity contribution in [2.75, 3.05) is 0 Å². The Morgan fingerprint density at radius 1 is 1.18 bits per heavy atom. The molecule has 2 aromatic heterocycles. The van der Waals surface area contributed by atoms with Gasteiger partial charge in [0, 0.05) is 23.7 Å². The fourth-order valence-electron chi connectivity index (χ4n) is 2.46. The molecule has 0 bridgehead atoms. The van der Waals surface area contributed by atoms with Gasteiger partial charge in [0.05, 0.1) is 33.3 Å². The maximum atomic E-state index is 12.4. The van der Waals surface area contributed by atoms with Gasteiger partial charge in [0.15, 0.2) is 0 Å². The summed E-state index contributed by atoms with van der Waals surface area (Å²) in [5.41, 5.74) is 0.0519. The molecule has 0 aliphatic rings. The SMILES string of the molecule is Cc1c([N+](=O)[O-])cc(C(=O)NCc2csc(-c3ccccn3)n2)cc1[N+](=O)[O-]. The lowest BCUT2D eigenvalue weighted by atomic mass is 10.1. The van der Waals surface area contributed by atoms with E-state index in [1.54, 1.807) is 17.6 Å². The number of rotatable bonds is 6. The number of carbonyl (C=O) groups is 1. The summed E-state index contributed by atoms with van der Waals surface area (Å²) in [5, 5.41) is 27.3. The smallest absolute Gasteiger partial charge is 0.279 e. The van der Waals surface area contributed by atoms with Crippen molar-refractivity contribution in [2.45, 2.75) is 13.5 Å². The van der Waals surface area contributed by atoms with Crippen LogP contribution in [-0.4, -0.2) is 25.7 Å². The van der Waals surface area contributed by atoms with Gasteiger partial charge in [-0.1, -0.05) is 6.07 Å². The lowest BCUT2D eigenvalue weighted by Gasteiger charge is -2.05. The third-order valence-corrected chi connectivity index (χ3v) is 4.79. The maximum Gasteiger partial charge on any atom is 0.279 e. The normalized spacial score (nSPS) is 10.5. The highest BCUT2D eigenvalue weighted by atomic mass is 32.1. The number of aromatic nitrogens is 2. The molecule has 2 heterocycles. The quantitative estimate of drug-likeness (QED) is 0.495. The minimum Gasteiger partial charge on any atom is -0.346 e. The van der Waals surface area contributed by atoms with Crippen molar-refractivity contribution in [1.29, 1.82) is 0 Å². The molecule has 0 unspecified atom stereocenters. The standard InChI is InChI=1S/C17H13N5O5S/c1-10-14(21(24)25)6-11(7-15(10)22(26)27)16(23)19-8-12-9-28-17(20-12)13-4-2-3-5-18-13/h2-7,9H,8H2,1H3,(H,19,23). The highest BCUT2D eigenvalue weighted by Gasteiger charge is 2.25. The molecule has 10 nitrogen and oxygen atoms in total. The monoisotopic (exact) mass is 399 g/mol. The number of nitrogens with one attached hydrogen (secondary N) is 1. The second-order valence-corrected chi connectivity index (χ2v) is 6.55. The minimum absolute atomic E-state index is 0.0671. The molecule has 28 heavy (non-hydrogen) atoms. The largest absolute Gasteiger partial charge is 0.346 e. The number of carbonyl (C=O) groups excluding carboxylic acids is 1. The number of amides is 1. The summed E-state index contributed by atoms with van der Waals surface area (Å²) < 4.78 is 0. The number of nitrogens with zero attached hydrogens (tertiary/aromatic N) is 4. The number of hydrogen-bond acceptors (Lipinski definition) is 8. The van der Waals surface area contributed by atoms with E-state index >= 15 is 0 Å². The average Bonchev–Trinajstić information content (AvgIpc) is 3.15. The van der Waals surface area contributed by atoms with Gasteiger partial charge in [-0.2, -0.15) is 0 Å². The molecular formula is C17H13N5O5S. The first-order valence-corrected chi connectivity index (χ1v) is 8.82. The number of thiazole rings is 1. The molecule has 0 saturated heterocycles. The molecule has 0 radical (unpaired) electrons. The third kappa shape index (κ3) is 3.99. The van der Waals surface area contributed by atoms with E-state index in [9.17, 15) is 25.0 Å². The lowest BCUT2D eigenvalue weighted by molar-refractivity contribution is -0.395. The van der Waals surface area contributed by atoms with Crippen LogP contribution in [0.1, 0.15) is 21.6 Å². The van der Waals surface area contributed by atoms with Crippen LogP contribution in [0.15, 0.2) is 41.9 Å². The van der Waals surface area contributed by atoms with E-state index < -0.39 is 27.1 Å². The Hall–Kier alpha value is -3.73. The van der Waals surface area contributed by atoms with Crippen LogP contribution in [0.4, 0.5) is 11.4 Å². The van der Waals surface area contributed by atoms with Gasteiger partial charge in [-0.25, -0.2) is 4.98 Å². The molecule has 0 aliphatic heterocycles. The average molecular weight is 399 g/mol. The van der Waals surface area contributed by atoms with Crippen molar-refractivity contribution in [2.24, 2.45) is 0 Å². The fraction of sp³-hybridized carbons (Fsp3) is 0.118. The van der Waals surface area contributed by atoms with E-state index in [0.717, 1.165) is 12.1 Å². The Morgan fingerprint density at radius 3 is 2.43 bits per heavy atom. The number of nitro groups is 2. The van der Waals surface area contributed by atoms with Gasteiger partial charge in [-0.3, -0.25) is 30.0 Å². The summed E-state index contributed by atoms with van der Waals surface area (Å²) in [6.45, 7) is 1.34. The van der Waals surface area contributed by atoms with E-state index in [2.05, 4.69) is 15.3 Å². The predicted octanol–water partition coefficient (Wildman–Crippen LogP) is 3.26. The molecule has 0 aliphatic carbocycles. The van der Waals surface area contributed by atoms with Crippen molar-refractivity contribution in [3.63, 3.8) is 0 Å². The van der Waals surface area contributed by atoms with Crippen molar-refractivity contribution < 1.29 is 14.6 Å². The zero-order chi connectivity index (χ0) is 20.3. The molecule has 3 rings (SSSR count). The maximum absolute atomic E-state index is 12.4. The molecule has 1 aromatic carbocycles. The molecule has 0 saturated carbocycles. The Bertz CT molecular complexity index is 1030. The van der Waals surface area contributed by atoms with Crippen LogP contribution >= 0.6 is 11.3 Å². The number of benzene rings is 1. The minimum atomic E-state index is -0.751. The second-order valence-electron chi connectivity index (χ2n) is 5.70. The van der Waals surface area contributed by atoms with Crippen molar-refractivity contribution in [1.82, 2.24) is 15.3 Å². The van der Waals surface area contributed by atoms with Gasteiger partial charge in [0.25, 0.3) is 17.3 Å². The van der Waals surface area contributed by atoms with Gasteiger partial charge in [-0.05, 0) is 19.1 Å². The summed E-state index contributed by atoms with van der Waals surface area (Å²) in [6, 6.07) is 7.49. The van der Waals surface area contributed by atoms with Gasteiger partial charge in [-0.15, -0.1) is 11.3 Å². The molecule has 1 N–H and O–H groups in total. The molecule has 3 aromatic rings. The second kappa shape index (κ2) is 7.88. The summed E-state index contributed by atoms with van der Waals surface area (Å²) in [5.74, 6) is -0.668. The first kappa shape index (κ1) is 19.0. The third-order valence-electron chi connectivity index (χ3n) is 3.87. The summed E-state index contributed by atoms with van der Waals surface area (Å²) in [7, 11) is 0. The van der Waals surface area contributed by atoms with Crippen molar-refractivity contribution in [3.8, 4) is 10.7 Å². The van der Waals surface area contributed by atoms with E-state index in [-0.39, 0.29) is 17.7 Å². The van der Waals surface area contributed by atoms with Gasteiger partial charge >= 0.3 is 0 Å². The van der Waals surface area contributed by atoms with E-state index in [0.29, 0.717) is 16.4 Å². The highest BCUT2D eigenvalue weighted by Crippen LogP contribution is 2.29. The first-order chi connectivity index (χ1) is 13.4. The van der Waals surface area contributed by atoms with Crippen LogP contribution in [0.2, 0.25) is 0 Å². The first-order valence-electron chi connectivity index (χ1n) is 7.94. The Morgan fingerprint density at radius 2 is 1.86 bits per heavy atom. The van der Waals surface area contributed by atoms with Crippen LogP contribution in [0.3, 0.4) is 0 Å². The van der Waals surface area contributed by atoms with Crippen LogP contribution in [0, 0.1) is 27.2 Å². The van der Waals surface area contributed by atoms with Crippen LogP contribution < -0.4 is 5.32 Å². The fourth-order valence-corrected chi connectivity index (χ4v) is 3.26. The number of nitro benzene ring substituents is 2. The topological polar surface area (TPSA) is 141 Å². The van der Waals surface area contributed by atoms with Crippen LogP contribution in [0.25, 0.3) is 10.7 Å². The lowest BCUT2D eigenvalue weighted by Crippen LogP contribution is -2.23. The summed E-state index contributed by atoms with van der Waals surface area (Å²) in [6.07, 6.45) is 1.65. The zero-order valence-corrected chi connectivity index (χ0v) is 15.3. The number of hydrogen-bond donors (Lipinski definition) is 1. The molecule has 0 atom stereocenters.